The zero-order valence-corrected chi connectivity index (χ0v) is 5.18. The van der Waals surface area contributed by atoms with Crippen molar-refractivity contribution in [1.29, 1.82) is 0 Å². The van der Waals surface area contributed by atoms with E-state index in [4.69, 9.17) is 0 Å². The maximum absolute atomic E-state index is 11.8. The van der Waals surface area contributed by atoms with Crippen molar-refractivity contribution in [2.75, 3.05) is 0 Å². The van der Waals surface area contributed by atoms with Gasteiger partial charge in [-0.3, -0.25) is 0 Å². The van der Waals surface area contributed by atoms with Crippen LogP contribution in [-0.4, -0.2) is 9.55 Å². The standard InChI is InChI=1S/C5H5F3N2/c1-4-2-9-3-10(4)5(6,7)8/h2-3H,1H3. The molecule has 10 heavy (non-hydrogen) atoms. The molecule has 1 rings (SSSR count). The minimum Gasteiger partial charge on any atom is -0.245 e. The van der Waals surface area contributed by atoms with Gasteiger partial charge in [-0.1, -0.05) is 0 Å². The van der Waals surface area contributed by atoms with E-state index in [0.29, 0.717) is 0 Å². The molecule has 0 saturated heterocycles. The van der Waals surface area contributed by atoms with Crippen LogP contribution in [0.4, 0.5) is 13.2 Å². The minimum atomic E-state index is -4.33. The summed E-state index contributed by atoms with van der Waals surface area (Å²) in [6, 6.07) is 0. The van der Waals surface area contributed by atoms with Crippen LogP contribution in [0, 0.1) is 6.92 Å². The SMILES string of the molecule is Cc1cncn1C(F)(F)F. The highest BCUT2D eigenvalue weighted by Gasteiger charge is 2.31. The molecule has 0 saturated carbocycles. The molecular weight excluding hydrogens is 145 g/mol. The fraction of sp³-hybridized carbons (Fsp3) is 0.400. The number of aromatic nitrogens is 2. The minimum absolute atomic E-state index is 0.0903. The molecule has 1 aromatic rings. The van der Waals surface area contributed by atoms with E-state index in [2.05, 4.69) is 4.98 Å². The second kappa shape index (κ2) is 2.00. The molecule has 0 unspecified atom stereocenters. The van der Waals surface area contributed by atoms with Gasteiger partial charge in [-0.05, 0) is 6.92 Å². The number of hydrogen-bond donors (Lipinski definition) is 0. The zero-order valence-electron chi connectivity index (χ0n) is 5.18. The normalized spacial score (nSPS) is 12.0. The van der Waals surface area contributed by atoms with E-state index in [-0.39, 0.29) is 10.3 Å². The van der Waals surface area contributed by atoms with Gasteiger partial charge in [0.25, 0.3) is 0 Å². The quantitative estimate of drug-likeness (QED) is 0.550. The molecule has 56 valence electrons. The lowest BCUT2D eigenvalue weighted by molar-refractivity contribution is -0.205. The Hall–Kier alpha value is -1.00. The third-order valence-electron chi connectivity index (χ3n) is 1.10. The first-order chi connectivity index (χ1) is 4.52. The van der Waals surface area contributed by atoms with Gasteiger partial charge in [-0.25, -0.2) is 9.55 Å². The first-order valence-corrected chi connectivity index (χ1v) is 2.58. The Morgan fingerprint density at radius 2 is 2.10 bits per heavy atom. The molecule has 0 spiro atoms. The van der Waals surface area contributed by atoms with Gasteiger partial charge in [0.1, 0.15) is 6.33 Å². The van der Waals surface area contributed by atoms with Gasteiger partial charge in [-0.2, -0.15) is 0 Å². The smallest absolute Gasteiger partial charge is 0.245 e. The van der Waals surface area contributed by atoms with Gasteiger partial charge in [0, 0.05) is 11.9 Å². The Morgan fingerprint density at radius 1 is 1.50 bits per heavy atom. The molecule has 1 aromatic heterocycles. The molecule has 1 heterocycles. The van der Waals surface area contributed by atoms with Gasteiger partial charge in [0.05, 0.1) is 0 Å². The molecule has 0 radical (unpaired) electrons. The average molecular weight is 150 g/mol. The summed E-state index contributed by atoms with van der Waals surface area (Å²) in [6.45, 7) is 1.35. The highest BCUT2D eigenvalue weighted by atomic mass is 19.4. The van der Waals surface area contributed by atoms with Crippen molar-refractivity contribution in [3.05, 3.63) is 18.2 Å². The van der Waals surface area contributed by atoms with Gasteiger partial charge in [0.15, 0.2) is 0 Å². The monoisotopic (exact) mass is 150 g/mol. The van der Waals surface area contributed by atoms with Crippen molar-refractivity contribution in [2.45, 2.75) is 13.2 Å². The predicted molar refractivity (Wildman–Crippen MR) is 28.3 cm³/mol. The largest absolute Gasteiger partial charge is 0.489 e. The molecule has 0 aliphatic rings. The third-order valence-corrected chi connectivity index (χ3v) is 1.10. The van der Waals surface area contributed by atoms with Crippen LogP contribution in [0.25, 0.3) is 0 Å². The van der Waals surface area contributed by atoms with E-state index in [0.717, 1.165) is 12.5 Å². The first-order valence-electron chi connectivity index (χ1n) is 2.58. The summed E-state index contributed by atoms with van der Waals surface area (Å²) in [7, 11) is 0. The van der Waals surface area contributed by atoms with E-state index in [1.807, 2.05) is 0 Å². The molecule has 0 amide bonds. The maximum atomic E-state index is 11.8. The first kappa shape index (κ1) is 7.11. The van der Waals surface area contributed by atoms with Crippen LogP contribution < -0.4 is 0 Å². The number of imidazole rings is 1. The second-order valence-corrected chi connectivity index (χ2v) is 1.87. The molecule has 0 atom stereocenters. The predicted octanol–water partition coefficient (Wildman–Crippen LogP) is 1.67. The second-order valence-electron chi connectivity index (χ2n) is 1.87. The Labute approximate surface area is 55.3 Å². The summed E-state index contributed by atoms with van der Waals surface area (Å²) in [6.07, 6.45) is -2.43. The molecule has 0 aromatic carbocycles. The zero-order chi connectivity index (χ0) is 7.78. The van der Waals surface area contributed by atoms with E-state index in [1.54, 1.807) is 0 Å². The molecule has 5 heteroatoms. The van der Waals surface area contributed by atoms with Crippen molar-refractivity contribution in [2.24, 2.45) is 0 Å². The average Bonchev–Trinajstić information content (AvgIpc) is 2.11. The molecule has 0 bridgehead atoms. The van der Waals surface area contributed by atoms with Crippen LogP contribution >= 0.6 is 0 Å². The Morgan fingerprint density at radius 3 is 2.30 bits per heavy atom. The van der Waals surface area contributed by atoms with Gasteiger partial charge < -0.3 is 0 Å². The van der Waals surface area contributed by atoms with E-state index in [1.165, 1.54) is 6.92 Å². The van der Waals surface area contributed by atoms with Crippen LogP contribution in [0.2, 0.25) is 0 Å². The topological polar surface area (TPSA) is 17.8 Å². The molecule has 0 aliphatic carbocycles. The van der Waals surface area contributed by atoms with Gasteiger partial charge in [0.2, 0.25) is 0 Å². The molecule has 0 N–H and O–H groups in total. The van der Waals surface area contributed by atoms with Crippen molar-refractivity contribution in [1.82, 2.24) is 9.55 Å². The van der Waals surface area contributed by atoms with Crippen LogP contribution in [0.5, 0.6) is 0 Å². The third kappa shape index (κ3) is 1.12. The Kier molecular flexibility index (Phi) is 1.42. The highest BCUT2D eigenvalue weighted by Crippen LogP contribution is 2.22. The fourth-order valence-electron chi connectivity index (χ4n) is 0.627. The van der Waals surface area contributed by atoms with Gasteiger partial charge in [-0.15, -0.1) is 13.2 Å². The summed E-state index contributed by atoms with van der Waals surface area (Å²) in [5.41, 5.74) is 0.0903. The van der Waals surface area contributed by atoms with Crippen LogP contribution in [0.1, 0.15) is 5.69 Å². The van der Waals surface area contributed by atoms with Crippen molar-refractivity contribution < 1.29 is 13.2 Å². The van der Waals surface area contributed by atoms with Crippen LogP contribution in [0.3, 0.4) is 0 Å². The number of rotatable bonds is 0. The summed E-state index contributed by atoms with van der Waals surface area (Å²) >= 11 is 0. The number of aryl methyl sites for hydroxylation is 1. The Balaban J connectivity index is 3.05. The Bertz CT molecular complexity index is 225. The van der Waals surface area contributed by atoms with Gasteiger partial charge >= 0.3 is 6.30 Å². The van der Waals surface area contributed by atoms with E-state index >= 15 is 0 Å². The van der Waals surface area contributed by atoms with Crippen LogP contribution in [-0.2, 0) is 6.30 Å². The highest BCUT2D eigenvalue weighted by molar-refractivity contribution is 4.95. The number of alkyl halides is 3. The molecule has 0 aliphatic heterocycles. The van der Waals surface area contributed by atoms with Crippen molar-refractivity contribution in [3.63, 3.8) is 0 Å². The molecule has 0 fully saturated rings. The lowest BCUT2D eigenvalue weighted by Crippen LogP contribution is -2.16. The van der Waals surface area contributed by atoms with Crippen molar-refractivity contribution in [3.8, 4) is 0 Å². The van der Waals surface area contributed by atoms with Crippen LogP contribution in [0.15, 0.2) is 12.5 Å². The molecular formula is C5H5F3N2. The van der Waals surface area contributed by atoms with E-state index < -0.39 is 6.30 Å². The molecule has 2 nitrogen and oxygen atoms in total. The fourth-order valence-corrected chi connectivity index (χ4v) is 0.627. The lowest BCUT2D eigenvalue weighted by Gasteiger charge is -2.07. The summed E-state index contributed by atoms with van der Waals surface area (Å²) in [5.74, 6) is 0. The summed E-state index contributed by atoms with van der Waals surface area (Å²) < 4.78 is 35.6. The number of nitrogens with zero attached hydrogens (tertiary/aromatic N) is 2. The summed E-state index contributed by atoms with van der Waals surface area (Å²) in [4.78, 5) is 3.33. The maximum Gasteiger partial charge on any atom is 0.489 e. The van der Waals surface area contributed by atoms with Crippen molar-refractivity contribution >= 4 is 0 Å². The van der Waals surface area contributed by atoms with E-state index in [9.17, 15) is 13.2 Å². The number of halogens is 3. The number of hydrogen-bond acceptors (Lipinski definition) is 1. The lowest BCUT2D eigenvalue weighted by atomic mass is 10.5. The summed E-state index contributed by atoms with van der Waals surface area (Å²) in [5, 5.41) is 0.